The molecule has 1 aromatic rings. The van der Waals surface area contributed by atoms with Crippen molar-refractivity contribution in [2.75, 3.05) is 13.2 Å². The van der Waals surface area contributed by atoms with Crippen LogP contribution in [0.2, 0.25) is 0 Å². The highest BCUT2D eigenvalue weighted by Crippen LogP contribution is 2.29. The largest absolute Gasteiger partial charge is 0.394 e. The Bertz CT molecular complexity index is 672. The molecule has 1 fully saturated rings. The molecule has 1 N–H and O–H groups in total. The molecule has 0 radical (unpaired) electrons. The lowest BCUT2D eigenvalue weighted by molar-refractivity contribution is -0.385. The van der Waals surface area contributed by atoms with Gasteiger partial charge in [0.2, 0.25) is 1.43 Å². The Morgan fingerprint density at radius 2 is 2.23 bits per heavy atom. The van der Waals surface area contributed by atoms with Crippen molar-refractivity contribution in [1.82, 2.24) is 4.90 Å². The van der Waals surface area contributed by atoms with E-state index >= 15 is 0 Å². The van der Waals surface area contributed by atoms with Gasteiger partial charge in [0, 0.05) is 12.6 Å². The number of nitro groups is 1. The fourth-order valence-electron chi connectivity index (χ4n) is 2.70. The summed E-state index contributed by atoms with van der Waals surface area (Å²) in [6.07, 6.45) is 2.55. The minimum atomic E-state index is -0.525. The lowest BCUT2D eigenvalue weighted by Crippen LogP contribution is -2.38. The van der Waals surface area contributed by atoms with Crippen molar-refractivity contribution in [3.8, 4) is 0 Å². The number of hydrogen-bond acceptors (Lipinski definition) is 4. The molecule has 1 saturated heterocycles. The molecule has 0 spiro atoms. The van der Waals surface area contributed by atoms with Crippen molar-refractivity contribution < 1.29 is 14.8 Å². The first-order valence-corrected chi connectivity index (χ1v) is 7.17. The second-order valence-electron chi connectivity index (χ2n) is 5.62. The average molecular weight is 306 g/mol. The zero-order valence-corrected chi connectivity index (χ0v) is 13.0. The number of likely N-dealkylation sites (tertiary alicyclic amines) is 1. The van der Waals surface area contributed by atoms with E-state index in [-0.39, 0.29) is 23.9 Å². The van der Waals surface area contributed by atoms with E-state index in [2.05, 4.69) is 5.11 Å². The van der Waals surface area contributed by atoms with Gasteiger partial charge >= 0.3 is 0 Å². The summed E-state index contributed by atoms with van der Waals surface area (Å²) in [4.78, 5) is 25.2. The molecule has 1 aliphatic rings. The monoisotopic (exact) mass is 306 g/mol. The number of aliphatic hydroxyl groups is 1. The standard InChI is InChI=1S/C16H20N2O4/c1-4-12-7-13(9-19)17(8-12)16(20)14-5-10(2)11(3)6-15(14)18(21)22/h4-6,13,19H,7-9H2,1-3H3/t13-/m0/s1/i19T. The summed E-state index contributed by atoms with van der Waals surface area (Å²) in [6.45, 7) is 5.98. The number of carbonyl (C=O) groups is 1. The lowest BCUT2D eigenvalue weighted by atomic mass is 10.0. The van der Waals surface area contributed by atoms with Gasteiger partial charge in [0.15, 0.2) is 0 Å². The van der Waals surface area contributed by atoms with Crippen molar-refractivity contribution in [1.29, 1.82) is 1.43 Å². The summed E-state index contributed by atoms with van der Waals surface area (Å²) in [7, 11) is 0. The molecule has 0 saturated carbocycles. The third kappa shape index (κ3) is 2.87. The minimum Gasteiger partial charge on any atom is -0.394 e. The van der Waals surface area contributed by atoms with Crippen LogP contribution >= 0.6 is 0 Å². The molecule has 2 rings (SSSR count). The third-order valence-corrected chi connectivity index (χ3v) is 4.21. The highest BCUT2D eigenvalue weighted by Gasteiger charge is 2.34. The summed E-state index contributed by atoms with van der Waals surface area (Å²) in [5, 5.41) is 15.8. The molecular weight excluding hydrogens is 284 g/mol. The van der Waals surface area contributed by atoms with Gasteiger partial charge in [0.1, 0.15) is 5.56 Å². The van der Waals surface area contributed by atoms with Gasteiger partial charge in [0.25, 0.3) is 11.6 Å². The van der Waals surface area contributed by atoms with E-state index in [9.17, 15) is 14.9 Å². The molecule has 0 aliphatic carbocycles. The number of nitro benzene ring substituents is 1. The van der Waals surface area contributed by atoms with Crippen LogP contribution in [0.3, 0.4) is 0 Å². The van der Waals surface area contributed by atoms with Gasteiger partial charge in [-0.3, -0.25) is 14.9 Å². The van der Waals surface area contributed by atoms with E-state index in [0.29, 0.717) is 13.0 Å². The molecule has 1 atom stereocenters. The van der Waals surface area contributed by atoms with Crippen LogP contribution in [0.25, 0.3) is 0 Å². The number of aryl methyl sites for hydroxylation is 2. The molecule has 118 valence electrons. The van der Waals surface area contributed by atoms with Crippen LogP contribution in [-0.4, -0.2) is 41.5 Å². The summed E-state index contributed by atoms with van der Waals surface area (Å²) in [5.41, 5.74) is 2.57. The van der Waals surface area contributed by atoms with Gasteiger partial charge in [0.05, 0.1) is 17.6 Å². The number of hydrogen-bond donors (Lipinski definition) is 1. The van der Waals surface area contributed by atoms with E-state index in [1.807, 2.05) is 19.9 Å². The van der Waals surface area contributed by atoms with Crippen molar-refractivity contribution >= 4 is 11.6 Å². The Balaban J connectivity index is 2.43. The van der Waals surface area contributed by atoms with Crippen LogP contribution in [0.1, 0.15) is 34.8 Å². The van der Waals surface area contributed by atoms with Crippen molar-refractivity contribution in [2.24, 2.45) is 0 Å². The number of carbonyl (C=O) groups excluding carboxylic acids is 1. The predicted octanol–water partition coefficient (Wildman–Crippen LogP) is 2.36. The first-order chi connectivity index (χ1) is 10.9. The first-order valence-electron chi connectivity index (χ1n) is 7.58. The molecule has 0 unspecified atom stereocenters. The van der Waals surface area contributed by atoms with Crippen molar-refractivity contribution in [2.45, 2.75) is 33.2 Å². The van der Waals surface area contributed by atoms with E-state index in [1.54, 1.807) is 17.9 Å². The van der Waals surface area contributed by atoms with Crippen LogP contribution in [0.15, 0.2) is 23.8 Å². The topological polar surface area (TPSA) is 83.7 Å². The Morgan fingerprint density at radius 3 is 2.82 bits per heavy atom. The fraction of sp³-hybridized carbons (Fsp3) is 0.438. The molecule has 1 aliphatic heterocycles. The number of aliphatic hydroxyl groups excluding tert-OH is 1. The lowest BCUT2D eigenvalue weighted by Gasteiger charge is -2.22. The summed E-state index contributed by atoms with van der Waals surface area (Å²) in [6, 6.07) is 2.74. The minimum absolute atomic E-state index is 0.0850. The zero-order chi connectivity index (χ0) is 17.1. The van der Waals surface area contributed by atoms with E-state index in [0.717, 1.165) is 16.7 Å². The van der Waals surface area contributed by atoms with Gasteiger partial charge in [-0.2, -0.15) is 0 Å². The Morgan fingerprint density at radius 1 is 1.55 bits per heavy atom. The van der Waals surface area contributed by atoms with Gasteiger partial charge in [-0.1, -0.05) is 11.6 Å². The number of benzene rings is 1. The van der Waals surface area contributed by atoms with Crippen LogP contribution < -0.4 is 0 Å². The van der Waals surface area contributed by atoms with Crippen LogP contribution in [0, 0.1) is 24.0 Å². The van der Waals surface area contributed by atoms with Gasteiger partial charge in [-0.05, 0) is 44.4 Å². The Labute approximate surface area is 130 Å². The maximum absolute atomic E-state index is 12.9. The Kier molecular flexibility index (Phi) is 4.20. The number of amides is 1. The highest BCUT2D eigenvalue weighted by molar-refractivity contribution is 5.99. The SMILES string of the molecule is [3H]OC[C@@H]1CC(=CC)CN1C(=O)c1cc(C)c(C)cc1[N+](=O)[O-]. The maximum Gasteiger partial charge on any atom is 0.282 e. The van der Waals surface area contributed by atoms with E-state index in [1.165, 1.54) is 6.07 Å². The smallest absolute Gasteiger partial charge is 0.282 e. The second kappa shape index (κ2) is 6.27. The predicted molar refractivity (Wildman–Crippen MR) is 82.9 cm³/mol. The first kappa shape index (κ1) is 14.7. The second-order valence-corrected chi connectivity index (χ2v) is 5.62. The van der Waals surface area contributed by atoms with Gasteiger partial charge in [-0.15, -0.1) is 0 Å². The molecule has 1 amide bonds. The molecule has 1 aromatic carbocycles. The molecule has 6 nitrogen and oxygen atoms in total. The molecular formula is C16H20N2O4. The normalized spacial score (nSPS) is 20.3. The quantitative estimate of drug-likeness (QED) is 0.526. The molecule has 22 heavy (non-hydrogen) atoms. The molecule has 1 heterocycles. The highest BCUT2D eigenvalue weighted by atomic mass is 16.6. The maximum atomic E-state index is 12.9. The van der Waals surface area contributed by atoms with Crippen molar-refractivity contribution in [3.63, 3.8) is 0 Å². The summed E-state index contributed by atoms with van der Waals surface area (Å²) < 4.78 is 6.93. The fourth-order valence-corrected chi connectivity index (χ4v) is 2.70. The van der Waals surface area contributed by atoms with Crippen LogP contribution in [-0.2, 0) is 0 Å². The number of rotatable bonds is 4. The Hall–Kier alpha value is -2.21. The van der Waals surface area contributed by atoms with E-state index in [4.69, 9.17) is 1.43 Å². The van der Waals surface area contributed by atoms with Gasteiger partial charge < -0.3 is 10.0 Å². The zero-order valence-electron chi connectivity index (χ0n) is 14.0. The summed E-state index contributed by atoms with van der Waals surface area (Å²) in [5.74, 6) is -0.390. The average Bonchev–Trinajstić information content (AvgIpc) is 2.92. The van der Waals surface area contributed by atoms with Crippen LogP contribution in [0.4, 0.5) is 5.69 Å². The molecule has 6 heteroatoms. The van der Waals surface area contributed by atoms with Crippen LogP contribution in [0.5, 0.6) is 0 Å². The van der Waals surface area contributed by atoms with E-state index < -0.39 is 10.8 Å². The molecule has 0 bridgehead atoms. The number of nitrogens with zero attached hydrogens (tertiary/aromatic N) is 2. The molecule has 0 aromatic heterocycles. The number of allylic oxidation sites excluding steroid dienone is 1. The van der Waals surface area contributed by atoms with Gasteiger partial charge in [-0.25, -0.2) is 0 Å². The summed E-state index contributed by atoms with van der Waals surface area (Å²) >= 11 is 0. The third-order valence-electron chi connectivity index (χ3n) is 4.21. The van der Waals surface area contributed by atoms with Crippen molar-refractivity contribution in [3.05, 3.63) is 50.6 Å².